The van der Waals surface area contributed by atoms with Gasteiger partial charge in [-0.1, -0.05) is 6.92 Å². The predicted octanol–water partition coefficient (Wildman–Crippen LogP) is 3.05. The summed E-state index contributed by atoms with van der Waals surface area (Å²) in [6, 6.07) is 2.77. The van der Waals surface area contributed by atoms with Crippen LogP contribution in [0.25, 0.3) is 10.1 Å². The highest BCUT2D eigenvalue weighted by Gasteiger charge is 2.21. The number of aromatic hydroxyl groups is 1. The maximum Gasteiger partial charge on any atom is 0.306 e. The fourth-order valence-corrected chi connectivity index (χ4v) is 2.90. The molecular weight excluding hydrogens is 299 g/mol. The number of phenols is 1. The monoisotopic (exact) mass is 312 g/mol. The van der Waals surface area contributed by atoms with Crippen LogP contribution in [0.1, 0.15) is 23.0 Å². The molecule has 2 rings (SSSR count). The number of Topliss-reactive ketones (excluding diaryl/α,β-unsaturated/α-hetero) is 1. The van der Waals surface area contributed by atoms with Gasteiger partial charge in [-0.2, -0.15) is 0 Å². The summed E-state index contributed by atoms with van der Waals surface area (Å²) in [4.78, 5) is 23.0. The van der Waals surface area contributed by atoms with Crippen LogP contribution in [0.4, 0.5) is 4.39 Å². The maximum atomic E-state index is 14.0. The second kappa shape index (κ2) is 5.69. The van der Waals surface area contributed by atoms with Gasteiger partial charge < -0.3 is 14.9 Å². The van der Waals surface area contributed by atoms with E-state index in [2.05, 4.69) is 0 Å². The molecular formula is C14H13FO5S. The quantitative estimate of drug-likeness (QED) is 0.829. The third-order valence-electron chi connectivity index (χ3n) is 3.11. The van der Waals surface area contributed by atoms with Gasteiger partial charge in [0.25, 0.3) is 0 Å². The zero-order chi connectivity index (χ0) is 15.7. The van der Waals surface area contributed by atoms with Crippen molar-refractivity contribution in [1.82, 2.24) is 0 Å². The lowest BCUT2D eigenvalue weighted by Gasteiger charge is -2.04. The molecule has 1 unspecified atom stereocenters. The normalized spacial score (nSPS) is 12.3. The molecule has 0 saturated carbocycles. The lowest BCUT2D eigenvalue weighted by Crippen LogP contribution is -2.13. The molecule has 7 heteroatoms. The molecule has 2 aromatic rings. The Morgan fingerprint density at radius 3 is 2.67 bits per heavy atom. The number of carboxylic acid groups (broad SMARTS) is 1. The van der Waals surface area contributed by atoms with E-state index in [1.54, 1.807) is 0 Å². The maximum absolute atomic E-state index is 14.0. The predicted molar refractivity (Wildman–Crippen MR) is 75.7 cm³/mol. The molecule has 0 aliphatic carbocycles. The Kier molecular flexibility index (Phi) is 4.13. The lowest BCUT2D eigenvalue weighted by atomic mass is 10.0. The first-order valence-electron chi connectivity index (χ1n) is 6.10. The van der Waals surface area contributed by atoms with E-state index in [1.165, 1.54) is 26.2 Å². The zero-order valence-electron chi connectivity index (χ0n) is 11.3. The molecule has 1 atom stereocenters. The van der Waals surface area contributed by atoms with Gasteiger partial charge in [-0.3, -0.25) is 9.59 Å². The Balaban J connectivity index is 2.41. The molecule has 1 heterocycles. The molecule has 0 aliphatic rings. The van der Waals surface area contributed by atoms with Gasteiger partial charge in [0.1, 0.15) is 0 Å². The number of hydrogen-bond donors (Lipinski definition) is 2. The molecule has 1 aromatic carbocycles. The third kappa shape index (κ3) is 2.82. The number of carbonyl (C=O) groups is 2. The number of carboxylic acids is 1. The van der Waals surface area contributed by atoms with Crippen molar-refractivity contribution in [2.24, 2.45) is 5.92 Å². The minimum Gasteiger partial charge on any atom is -0.502 e. The van der Waals surface area contributed by atoms with Gasteiger partial charge in [0, 0.05) is 22.6 Å². The molecule has 0 saturated heterocycles. The smallest absolute Gasteiger partial charge is 0.306 e. The largest absolute Gasteiger partial charge is 0.502 e. The summed E-state index contributed by atoms with van der Waals surface area (Å²) < 4.78 is 19.3. The third-order valence-corrected chi connectivity index (χ3v) is 4.23. The Bertz CT molecular complexity index is 722. The Morgan fingerprint density at radius 2 is 2.10 bits per heavy atom. The summed E-state index contributed by atoms with van der Waals surface area (Å²) in [5, 5.41) is 18.5. The average Bonchev–Trinajstić information content (AvgIpc) is 2.86. The van der Waals surface area contributed by atoms with Crippen LogP contribution < -0.4 is 4.74 Å². The van der Waals surface area contributed by atoms with E-state index in [-0.39, 0.29) is 28.2 Å². The minimum atomic E-state index is -1.06. The van der Waals surface area contributed by atoms with Crippen molar-refractivity contribution in [3.63, 3.8) is 0 Å². The molecule has 0 fully saturated rings. The first-order valence-corrected chi connectivity index (χ1v) is 6.91. The zero-order valence-corrected chi connectivity index (χ0v) is 12.2. The number of ether oxygens (including phenoxy) is 1. The second-order valence-corrected chi connectivity index (χ2v) is 5.71. The van der Waals surface area contributed by atoms with Gasteiger partial charge in [-0.25, -0.2) is 4.39 Å². The van der Waals surface area contributed by atoms with Gasteiger partial charge in [0.05, 0.1) is 17.9 Å². The highest BCUT2D eigenvalue weighted by atomic mass is 32.1. The van der Waals surface area contributed by atoms with E-state index in [4.69, 9.17) is 9.84 Å². The summed E-state index contributed by atoms with van der Waals surface area (Å²) in [6.07, 6.45) is -0.160. The fourth-order valence-electron chi connectivity index (χ4n) is 1.87. The fraction of sp³-hybridized carbons (Fsp3) is 0.286. The lowest BCUT2D eigenvalue weighted by molar-refractivity contribution is -0.141. The highest BCUT2D eigenvalue weighted by molar-refractivity contribution is 7.20. The second-order valence-electron chi connectivity index (χ2n) is 4.63. The number of hydrogen-bond acceptors (Lipinski definition) is 5. The average molecular weight is 312 g/mol. The van der Waals surface area contributed by atoms with Gasteiger partial charge in [-0.15, -0.1) is 11.3 Å². The van der Waals surface area contributed by atoms with E-state index in [0.717, 1.165) is 11.3 Å². The van der Waals surface area contributed by atoms with E-state index >= 15 is 0 Å². The molecule has 0 spiro atoms. The molecule has 0 bridgehead atoms. The molecule has 1 aromatic heterocycles. The van der Waals surface area contributed by atoms with E-state index < -0.39 is 23.5 Å². The van der Waals surface area contributed by atoms with E-state index in [1.807, 2.05) is 0 Å². The summed E-state index contributed by atoms with van der Waals surface area (Å²) in [5.41, 5.74) is 0. The van der Waals surface area contributed by atoms with E-state index in [9.17, 15) is 19.1 Å². The van der Waals surface area contributed by atoms with Crippen molar-refractivity contribution in [1.29, 1.82) is 0 Å². The number of rotatable bonds is 5. The van der Waals surface area contributed by atoms with Crippen LogP contribution in [0.3, 0.4) is 0 Å². The van der Waals surface area contributed by atoms with Crippen molar-refractivity contribution in [2.75, 3.05) is 7.11 Å². The van der Waals surface area contributed by atoms with Gasteiger partial charge in [0.2, 0.25) is 0 Å². The number of halogens is 1. The Labute approximate surface area is 123 Å². The molecule has 2 N–H and O–H groups in total. The van der Waals surface area contributed by atoms with Crippen molar-refractivity contribution in [3.8, 4) is 11.5 Å². The number of fused-ring (bicyclic) bond motifs is 1. The van der Waals surface area contributed by atoms with Crippen molar-refractivity contribution < 1.29 is 28.9 Å². The first kappa shape index (κ1) is 15.2. The number of phenolic OH excluding ortho intramolecular Hbond substituents is 1. The summed E-state index contributed by atoms with van der Waals surface area (Å²) in [5.74, 6) is -3.72. The number of aliphatic carboxylic acids is 1. The molecule has 112 valence electrons. The molecule has 0 amide bonds. The number of methoxy groups -OCH3 is 1. The van der Waals surface area contributed by atoms with Crippen molar-refractivity contribution in [2.45, 2.75) is 13.3 Å². The van der Waals surface area contributed by atoms with Crippen molar-refractivity contribution >= 4 is 33.2 Å². The van der Waals surface area contributed by atoms with Gasteiger partial charge in [-0.05, 0) is 6.07 Å². The van der Waals surface area contributed by atoms with Gasteiger partial charge in [0.15, 0.2) is 23.1 Å². The number of thiophene rings is 1. The molecule has 5 nitrogen and oxygen atoms in total. The number of carbonyl (C=O) groups excluding carboxylic acids is 1. The summed E-state index contributed by atoms with van der Waals surface area (Å²) in [6.45, 7) is 1.43. The summed E-state index contributed by atoms with van der Waals surface area (Å²) >= 11 is 1.04. The van der Waals surface area contributed by atoms with E-state index in [0.29, 0.717) is 4.70 Å². The van der Waals surface area contributed by atoms with Crippen LogP contribution in [0.2, 0.25) is 0 Å². The molecule has 21 heavy (non-hydrogen) atoms. The number of benzene rings is 1. The molecule has 0 radical (unpaired) electrons. The standard InChI is InChI=1S/C14H13FO5S/c1-6(14(18)19)3-8(16)11-4-7-10(21-11)5-9(20-2)13(17)12(7)15/h4-6,17H,3H2,1-2H3,(H,18,19). The van der Waals surface area contributed by atoms with Crippen LogP contribution in [-0.2, 0) is 4.79 Å². The topological polar surface area (TPSA) is 83.8 Å². The first-order chi connectivity index (χ1) is 9.85. The van der Waals surface area contributed by atoms with Crippen LogP contribution in [0.15, 0.2) is 12.1 Å². The molecule has 0 aliphatic heterocycles. The highest BCUT2D eigenvalue weighted by Crippen LogP contribution is 2.39. The summed E-state index contributed by atoms with van der Waals surface area (Å²) in [7, 11) is 1.30. The Hall–Kier alpha value is -2.15. The van der Waals surface area contributed by atoms with Crippen LogP contribution in [0.5, 0.6) is 11.5 Å². The number of ketones is 1. The SMILES string of the molecule is COc1cc2sc(C(=O)CC(C)C(=O)O)cc2c(F)c1O. The Morgan fingerprint density at radius 1 is 1.43 bits per heavy atom. The minimum absolute atomic E-state index is 0.0141. The van der Waals surface area contributed by atoms with Crippen LogP contribution in [0, 0.1) is 11.7 Å². The van der Waals surface area contributed by atoms with Crippen LogP contribution >= 0.6 is 11.3 Å². The van der Waals surface area contributed by atoms with Crippen LogP contribution in [-0.4, -0.2) is 29.1 Å². The van der Waals surface area contributed by atoms with Crippen molar-refractivity contribution in [3.05, 3.63) is 22.8 Å². The van der Waals surface area contributed by atoms with Gasteiger partial charge >= 0.3 is 5.97 Å².